The van der Waals surface area contributed by atoms with Crippen molar-refractivity contribution in [3.8, 4) is 0 Å². The summed E-state index contributed by atoms with van der Waals surface area (Å²) >= 11 is 3.55. The van der Waals surface area contributed by atoms with E-state index in [1.807, 2.05) is 0 Å². The Morgan fingerprint density at radius 2 is 2.20 bits per heavy atom. The number of methoxy groups -OCH3 is 1. The first-order chi connectivity index (χ1) is 7.33. The minimum atomic E-state index is 0.813. The lowest BCUT2D eigenvalue weighted by Gasteiger charge is -2.04. The first kappa shape index (κ1) is 10.7. The quantitative estimate of drug-likeness (QED) is 0.775. The molecule has 0 fully saturated rings. The zero-order valence-corrected chi connectivity index (χ0v) is 10.3. The average molecular weight is 268 g/mol. The summed E-state index contributed by atoms with van der Waals surface area (Å²) < 4.78 is 8.47. The third-order valence-corrected chi connectivity index (χ3v) is 3.20. The highest BCUT2D eigenvalue weighted by atomic mass is 79.9. The van der Waals surface area contributed by atoms with Crippen molar-refractivity contribution in [2.75, 3.05) is 13.7 Å². The Bertz CT molecular complexity index is 450. The molecule has 3 heteroatoms. The van der Waals surface area contributed by atoms with Gasteiger partial charge in [-0.15, -0.1) is 0 Å². The molecule has 1 heterocycles. The largest absolute Gasteiger partial charge is 0.385 e. The Morgan fingerprint density at radius 3 is 3.00 bits per heavy atom. The SMILES string of the molecule is COCCCn1ccc2c(Br)cccc21. The second kappa shape index (κ2) is 4.81. The van der Waals surface area contributed by atoms with Crippen LogP contribution in [0.1, 0.15) is 6.42 Å². The van der Waals surface area contributed by atoms with Crippen molar-refractivity contribution in [3.05, 3.63) is 34.9 Å². The summed E-state index contributed by atoms with van der Waals surface area (Å²) in [7, 11) is 1.74. The minimum Gasteiger partial charge on any atom is -0.385 e. The first-order valence-electron chi connectivity index (χ1n) is 5.05. The number of ether oxygens (including phenoxy) is 1. The molecule has 2 aromatic rings. The topological polar surface area (TPSA) is 14.2 Å². The molecular formula is C12H14BrNO. The first-order valence-corrected chi connectivity index (χ1v) is 5.84. The molecule has 0 aliphatic heterocycles. The molecule has 0 atom stereocenters. The summed E-state index contributed by atoms with van der Waals surface area (Å²) in [6.07, 6.45) is 3.18. The number of benzene rings is 1. The molecule has 0 radical (unpaired) electrons. The molecule has 1 aromatic heterocycles. The molecule has 0 bridgehead atoms. The minimum absolute atomic E-state index is 0.813. The molecule has 15 heavy (non-hydrogen) atoms. The molecule has 0 spiro atoms. The lowest BCUT2D eigenvalue weighted by Crippen LogP contribution is -1.99. The number of aryl methyl sites for hydroxylation is 1. The van der Waals surface area contributed by atoms with Crippen LogP contribution in [-0.4, -0.2) is 18.3 Å². The second-order valence-corrected chi connectivity index (χ2v) is 4.38. The fourth-order valence-electron chi connectivity index (χ4n) is 1.76. The van der Waals surface area contributed by atoms with E-state index in [4.69, 9.17) is 4.74 Å². The Labute approximate surface area is 98.0 Å². The molecule has 0 N–H and O–H groups in total. The predicted octanol–water partition coefficient (Wildman–Crippen LogP) is 3.44. The van der Waals surface area contributed by atoms with E-state index in [9.17, 15) is 0 Å². The maximum atomic E-state index is 5.05. The van der Waals surface area contributed by atoms with Gasteiger partial charge in [-0.3, -0.25) is 0 Å². The normalized spacial score (nSPS) is 11.1. The van der Waals surface area contributed by atoms with E-state index in [0.717, 1.165) is 24.0 Å². The summed E-state index contributed by atoms with van der Waals surface area (Å²) in [5.41, 5.74) is 1.28. The monoisotopic (exact) mass is 267 g/mol. The second-order valence-electron chi connectivity index (χ2n) is 3.53. The van der Waals surface area contributed by atoms with Crippen LogP contribution in [0.3, 0.4) is 0 Å². The highest BCUT2D eigenvalue weighted by Gasteiger charge is 2.02. The van der Waals surface area contributed by atoms with Crippen molar-refractivity contribution in [1.82, 2.24) is 4.57 Å². The van der Waals surface area contributed by atoms with Gasteiger partial charge >= 0.3 is 0 Å². The van der Waals surface area contributed by atoms with E-state index in [2.05, 4.69) is 51.0 Å². The van der Waals surface area contributed by atoms with Crippen molar-refractivity contribution < 1.29 is 4.74 Å². The van der Waals surface area contributed by atoms with Gasteiger partial charge in [-0.2, -0.15) is 0 Å². The molecule has 2 rings (SSSR count). The van der Waals surface area contributed by atoms with Crippen molar-refractivity contribution in [2.45, 2.75) is 13.0 Å². The summed E-state index contributed by atoms with van der Waals surface area (Å²) in [6.45, 7) is 1.82. The third kappa shape index (κ3) is 2.24. The van der Waals surface area contributed by atoms with Crippen LogP contribution in [0.25, 0.3) is 10.9 Å². The fraction of sp³-hybridized carbons (Fsp3) is 0.333. The van der Waals surface area contributed by atoms with Crippen molar-refractivity contribution in [1.29, 1.82) is 0 Å². The van der Waals surface area contributed by atoms with E-state index >= 15 is 0 Å². The number of rotatable bonds is 4. The fourth-order valence-corrected chi connectivity index (χ4v) is 2.25. The number of hydrogen-bond donors (Lipinski definition) is 0. The van der Waals surface area contributed by atoms with E-state index < -0.39 is 0 Å². The van der Waals surface area contributed by atoms with Crippen LogP contribution in [-0.2, 0) is 11.3 Å². The van der Waals surface area contributed by atoms with Gasteiger partial charge in [0, 0.05) is 41.8 Å². The Hall–Kier alpha value is -0.800. The number of halogens is 1. The van der Waals surface area contributed by atoms with Crippen LogP contribution in [0, 0.1) is 0 Å². The van der Waals surface area contributed by atoms with Crippen molar-refractivity contribution in [2.24, 2.45) is 0 Å². The van der Waals surface area contributed by atoms with E-state index in [-0.39, 0.29) is 0 Å². The summed E-state index contributed by atoms with van der Waals surface area (Å²) in [6, 6.07) is 8.43. The van der Waals surface area contributed by atoms with Crippen LogP contribution in [0.2, 0.25) is 0 Å². The van der Waals surface area contributed by atoms with Crippen molar-refractivity contribution >= 4 is 26.8 Å². The van der Waals surface area contributed by atoms with Gasteiger partial charge in [0.1, 0.15) is 0 Å². The zero-order valence-electron chi connectivity index (χ0n) is 8.74. The van der Waals surface area contributed by atoms with E-state index in [1.165, 1.54) is 10.9 Å². The van der Waals surface area contributed by atoms with Gasteiger partial charge in [0.25, 0.3) is 0 Å². The maximum Gasteiger partial charge on any atom is 0.0491 e. The zero-order chi connectivity index (χ0) is 10.7. The van der Waals surface area contributed by atoms with Gasteiger partial charge in [-0.25, -0.2) is 0 Å². The van der Waals surface area contributed by atoms with Gasteiger partial charge in [-0.05, 0) is 24.6 Å². The van der Waals surface area contributed by atoms with Gasteiger partial charge in [0.05, 0.1) is 0 Å². The molecule has 0 saturated carbocycles. The average Bonchev–Trinajstić information content (AvgIpc) is 2.64. The summed E-state index contributed by atoms with van der Waals surface area (Å²) in [5.74, 6) is 0. The number of nitrogens with zero attached hydrogens (tertiary/aromatic N) is 1. The van der Waals surface area contributed by atoms with E-state index in [1.54, 1.807) is 7.11 Å². The lowest BCUT2D eigenvalue weighted by atomic mass is 10.2. The van der Waals surface area contributed by atoms with Crippen LogP contribution in [0.5, 0.6) is 0 Å². The molecule has 0 aliphatic rings. The van der Waals surface area contributed by atoms with Crippen LogP contribution < -0.4 is 0 Å². The molecule has 0 saturated heterocycles. The third-order valence-electron chi connectivity index (χ3n) is 2.51. The highest BCUT2D eigenvalue weighted by molar-refractivity contribution is 9.10. The van der Waals surface area contributed by atoms with Crippen LogP contribution in [0.15, 0.2) is 34.9 Å². The Balaban J connectivity index is 2.25. The highest BCUT2D eigenvalue weighted by Crippen LogP contribution is 2.24. The van der Waals surface area contributed by atoms with Crippen LogP contribution in [0.4, 0.5) is 0 Å². The molecule has 1 aromatic carbocycles. The standard InChI is InChI=1S/C12H14BrNO/c1-15-9-3-7-14-8-6-10-11(13)4-2-5-12(10)14/h2,4-6,8H,3,7,9H2,1H3. The Kier molecular flexibility index (Phi) is 3.44. The number of fused-ring (bicyclic) bond motifs is 1. The molecular weight excluding hydrogens is 254 g/mol. The Morgan fingerprint density at radius 1 is 1.33 bits per heavy atom. The maximum absolute atomic E-state index is 5.05. The summed E-state index contributed by atoms with van der Waals surface area (Å²) in [4.78, 5) is 0. The molecule has 0 aliphatic carbocycles. The van der Waals surface area contributed by atoms with Gasteiger partial charge in [-0.1, -0.05) is 22.0 Å². The molecule has 2 nitrogen and oxygen atoms in total. The molecule has 0 unspecified atom stereocenters. The smallest absolute Gasteiger partial charge is 0.0491 e. The van der Waals surface area contributed by atoms with Gasteiger partial charge < -0.3 is 9.30 Å². The van der Waals surface area contributed by atoms with Crippen LogP contribution >= 0.6 is 15.9 Å². The number of hydrogen-bond acceptors (Lipinski definition) is 1. The van der Waals surface area contributed by atoms with E-state index in [0.29, 0.717) is 0 Å². The molecule has 80 valence electrons. The lowest BCUT2D eigenvalue weighted by molar-refractivity contribution is 0.190. The van der Waals surface area contributed by atoms with Gasteiger partial charge in [0.15, 0.2) is 0 Å². The summed E-state index contributed by atoms with van der Waals surface area (Å²) in [5, 5.41) is 1.27. The van der Waals surface area contributed by atoms with Crippen molar-refractivity contribution in [3.63, 3.8) is 0 Å². The van der Waals surface area contributed by atoms with Gasteiger partial charge in [0.2, 0.25) is 0 Å². The predicted molar refractivity (Wildman–Crippen MR) is 66.1 cm³/mol. The molecule has 0 amide bonds. The number of aromatic nitrogens is 1.